The van der Waals surface area contributed by atoms with Crippen LogP contribution in [0.15, 0.2) is 33.2 Å². The molecule has 0 atom stereocenters. The molecule has 21 heavy (non-hydrogen) atoms. The van der Waals surface area contributed by atoms with E-state index < -0.39 is 5.91 Å². The first kappa shape index (κ1) is 15.5. The highest BCUT2D eigenvalue weighted by Crippen LogP contribution is 2.22. The number of primary amides is 1. The number of nitrogens with two attached hydrogens (primary N) is 1. The number of hydrogen-bond acceptors (Lipinski definition) is 6. The van der Waals surface area contributed by atoms with Crippen LogP contribution in [0.2, 0.25) is 0 Å². The van der Waals surface area contributed by atoms with Crippen molar-refractivity contribution < 1.29 is 9.53 Å². The van der Waals surface area contributed by atoms with E-state index in [1.807, 2.05) is 24.4 Å². The second kappa shape index (κ2) is 7.19. The van der Waals surface area contributed by atoms with Crippen LogP contribution in [0.3, 0.4) is 0 Å². The minimum Gasteiger partial charge on any atom is -0.483 e. The van der Waals surface area contributed by atoms with Crippen LogP contribution in [0.5, 0.6) is 5.75 Å². The number of hydrazone groups is 1. The molecular formula is C13H13BrN4O2S. The Balaban J connectivity index is 2.09. The van der Waals surface area contributed by atoms with Crippen LogP contribution in [0.25, 0.3) is 0 Å². The van der Waals surface area contributed by atoms with Gasteiger partial charge >= 0.3 is 0 Å². The van der Waals surface area contributed by atoms with Gasteiger partial charge < -0.3 is 10.5 Å². The molecule has 8 heteroatoms. The van der Waals surface area contributed by atoms with Crippen LogP contribution < -0.4 is 15.9 Å². The summed E-state index contributed by atoms with van der Waals surface area (Å²) in [6, 6.07) is 5.38. The van der Waals surface area contributed by atoms with Gasteiger partial charge in [0.15, 0.2) is 6.61 Å². The molecule has 6 nitrogen and oxygen atoms in total. The molecule has 110 valence electrons. The third-order valence-electron chi connectivity index (χ3n) is 2.32. The third kappa shape index (κ3) is 4.83. The van der Waals surface area contributed by atoms with Gasteiger partial charge in [-0.1, -0.05) is 15.9 Å². The molecule has 0 fully saturated rings. The molecule has 0 unspecified atom stereocenters. The molecule has 1 aromatic heterocycles. The summed E-state index contributed by atoms with van der Waals surface area (Å²) < 4.78 is 6.21. The van der Waals surface area contributed by atoms with Crippen molar-refractivity contribution in [2.75, 3.05) is 12.0 Å². The Bertz CT molecular complexity index is 672. The lowest BCUT2D eigenvalue weighted by Gasteiger charge is -2.07. The monoisotopic (exact) mass is 368 g/mol. The Morgan fingerprint density at radius 3 is 3.10 bits per heavy atom. The van der Waals surface area contributed by atoms with E-state index >= 15 is 0 Å². The number of amides is 1. The number of nitrogens with zero attached hydrogens (tertiary/aromatic N) is 2. The number of carbonyl (C=O) groups excluding carboxylic acids is 1. The highest BCUT2D eigenvalue weighted by atomic mass is 79.9. The zero-order chi connectivity index (χ0) is 15.2. The number of aryl methyl sites for hydroxylation is 1. The van der Waals surface area contributed by atoms with Gasteiger partial charge in [0.05, 0.1) is 11.9 Å². The molecule has 0 aliphatic carbocycles. The van der Waals surface area contributed by atoms with Crippen molar-refractivity contribution in [1.82, 2.24) is 4.98 Å². The molecule has 1 aromatic carbocycles. The van der Waals surface area contributed by atoms with Crippen molar-refractivity contribution in [3.63, 3.8) is 0 Å². The fourth-order valence-electron chi connectivity index (χ4n) is 1.46. The van der Waals surface area contributed by atoms with Gasteiger partial charge in [-0.2, -0.15) is 5.10 Å². The van der Waals surface area contributed by atoms with E-state index in [1.54, 1.807) is 12.3 Å². The van der Waals surface area contributed by atoms with Crippen molar-refractivity contribution in [2.45, 2.75) is 6.92 Å². The summed E-state index contributed by atoms with van der Waals surface area (Å²) in [4.78, 5) is 15.0. The topological polar surface area (TPSA) is 89.6 Å². The molecule has 2 aromatic rings. The van der Waals surface area contributed by atoms with Crippen molar-refractivity contribution in [1.29, 1.82) is 0 Å². The highest BCUT2D eigenvalue weighted by Gasteiger charge is 2.04. The molecule has 3 N–H and O–H groups in total. The van der Waals surface area contributed by atoms with Gasteiger partial charge in [-0.3, -0.25) is 10.2 Å². The fourth-order valence-corrected chi connectivity index (χ4v) is 2.48. The lowest BCUT2D eigenvalue weighted by atomic mass is 10.2. The number of aromatic nitrogens is 1. The Labute approximate surface area is 134 Å². The standard InChI is InChI=1S/C13H13BrN4O2S/c1-8-7-21-13(17-8)18-16-5-9-4-10(14)2-3-11(9)20-6-12(15)19/h2-5,7H,6H2,1H3,(H2,15,19)(H,17,18). The van der Waals surface area contributed by atoms with E-state index in [2.05, 4.69) is 31.4 Å². The van der Waals surface area contributed by atoms with Gasteiger partial charge in [0.1, 0.15) is 5.75 Å². The van der Waals surface area contributed by atoms with Gasteiger partial charge in [-0.15, -0.1) is 11.3 Å². The fraction of sp³-hybridized carbons (Fsp3) is 0.154. The molecule has 0 spiro atoms. The summed E-state index contributed by atoms with van der Waals surface area (Å²) in [6.07, 6.45) is 1.60. The molecule has 0 saturated heterocycles. The van der Waals surface area contributed by atoms with Gasteiger partial charge in [-0.25, -0.2) is 4.98 Å². The molecule has 0 bridgehead atoms. The van der Waals surface area contributed by atoms with E-state index in [0.717, 1.165) is 10.2 Å². The number of carbonyl (C=O) groups is 1. The molecule has 1 heterocycles. The zero-order valence-electron chi connectivity index (χ0n) is 11.2. The summed E-state index contributed by atoms with van der Waals surface area (Å²) in [6.45, 7) is 1.73. The van der Waals surface area contributed by atoms with Crippen molar-refractivity contribution in [3.8, 4) is 5.75 Å². The first-order chi connectivity index (χ1) is 10.0. The molecule has 0 saturated carbocycles. The van der Waals surface area contributed by atoms with Crippen LogP contribution in [0.4, 0.5) is 5.13 Å². The van der Waals surface area contributed by atoms with Crippen LogP contribution in [-0.2, 0) is 4.79 Å². The maximum absolute atomic E-state index is 10.8. The number of anilines is 1. The van der Waals surface area contributed by atoms with E-state index in [1.165, 1.54) is 11.3 Å². The molecule has 0 aliphatic rings. The number of benzene rings is 1. The summed E-state index contributed by atoms with van der Waals surface area (Å²) >= 11 is 4.85. The number of ether oxygens (including phenoxy) is 1. The SMILES string of the molecule is Cc1csc(NN=Cc2cc(Br)ccc2OCC(N)=O)n1. The molecular weight excluding hydrogens is 356 g/mol. The van der Waals surface area contributed by atoms with E-state index in [9.17, 15) is 4.79 Å². The zero-order valence-corrected chi connectivity index (χ0v) is 13.6. The molecule has 0 aliphatic heterocycles. The minimum absolute atomic E-state index is 0.179. The second-order valence-corrected chi connectivity index (χ2v) is 5.87. The van der Waals surface area contributed by atoms with E-state index in [0.29, 0.717) is 16.4 Å². The Morgan fingerprint density at radius 1 is 1.62 bits per heavy atom. The van der Waals surface area contributed by atoms with Gasteiger partial charge in [0, 0.05) is 15.4 Å². The van der Waals surface area contributed by atoms with Crippen LogP contribution in [0.1, 0.15) is 11.3 Å². The normalized spacial score (nSPS) is 10.8. The number of rotatable bonds is 6. The van der Waals surface area contributed by atoms with Crippen molar-refractivity contribution in [3.05, 3.63) is 39.3 Å². The first-order valence-corrected chi connectivity index (χ1v) is 7.64. The third-order valence-corrected chi connectivity index (χ3v) is 3.68. The van der Waals surface area contributed by atoms with Crippen molar-refractivity contribution in [2.24, 2.45) is 10.8 Å². The number of hydrogen-bond donors (Lipinski definition) is 2. The lowest BCUT2D eigenvalue weighted by molar-refractivity contribution is -0.119. The Morgan fingerprint density at radius 2 is 2.43 bits per heavy atom. The maximum atomic E-state index is 10.8. The molecule has 1 amide bonds. The van der Waals surface area contributed by atoms with E-state index in [4.69, 9.17) is 10.5 Å². The van der Waals surface area contributed by atoms with E-state index in [-0.39, 0.29) is 6.61 Å². The number of nitrogens with one attached hydrogen (secondary N) is 1. The maximum Gasteiger partial charge on any atom is 0.255 e. The number of halogens is 1. The second-order valence-electron chi connectivity index (χ2n) is 4.10. The van der Waals surface area contributed by atoms with Gasteiger partial charge in [-0.05, 0) is 25.1 Å². The number of thiazole rings is 1. The smallest absolute Gasteiger partial charge is 0.255 e. The molecule has 2 rings (SSSR count). The summed E-state index contributed by atoms with van der Waals surface area (Å²) in [5.74, 6) is -0.00457. The Hall–Kier alpha value is -1.93. The van der Waals surface area contributed by atoms with Crippen molar-refractivity contribution >= 4 is 44.5 Å². The average molecular weight is 369 g/mol. The quantitative estimate of drug-likeness (QED) is 0.605. The van der Waals surface area contributed by atoms with Crippen LogP contribution in [0, 0.1) is 6.92 Å². The van der Waals surface area contributed by atoms with Gasteiger partial charge in [0.25, 0.3) is 5.91 Å². The predicted molar refractivity (Wildman–Crippen MR) is 86.9 cm³/mol. The Kier molecular flexibility index (Phi) is 5.29. The highest BCUT2D eigenvalue weighted by molar-refractivity contribution is 9.10. The van der Waals surface area contributed by atoms with Crippen LogP contribution >= 0.6 is 27.3 Å². The summed E-state index contributed by atoms with van der Waals surface area (Å²) in [5, 5.41) is 6.75. The average Bonchev–Trinajstić information content (AvgIpc) is 2.83. The lowest BCUT2D eigenvalue weighted by Crippen LogP contribution is -2.20. The first-order valence-electron chi connectivity index (χ1n) is 5.96. The minimum atomic E-state index is -0.530. The summed E-state index contributed by atoms with van der Waals surface area (Å²) in [7, 11) is 0. The van der Waals surface area contributed by atoms with Gasteiger partial charge in [0.2, 0.25) is 5.13 Å². The predicted octanol–water partition coefficient (Wildman–Crippen LogP) is 2.52. The largest absolute Gasteiger partial charge is 0.483 e. The summed E-state index contributed by atoms with van der Waals surface area (Å²) in [5.41, 5.74) is 9.56. The molecule has 0 radical (unpaired) electrons. The van der Waals surface area contributed by atoms with Crippen LogP contribution in [-0.4, -0.2) is 23.7 Å².